The zero-order valence-corrected chi connectivity index (χ0v) is 14.3. The average Bonchev–Trinajstić information content (AvgIpc) is 3.06. The largest absolute Gasteiger partial charge is 0.348 e. The van der Waals surface area contributed by atoms with Crippen LogP contribution < -0.4 is 10.2 Å². The summed E-state index contributed by atoms with van der Waals surface area (Å²) in [6.45, 7) is 1.63. The fourth-order valence-electron chi connectivity index (χ4n) is 2.99. The Balaban J connectivity index is 1.38. The van der Waals surface area contributed by atoms with Gasteiger partial charge in [0.05, 0.1) is 10.2 Å². The van der Waals surface area contributed by atoms with Gasteiger partial charge in [0, 0.05) is 25.3 Å². The number of aromatic nitrogens is 2. The normalized spacial score (nSPS) is 15.5. The number of hydrogen-bond acceptors (Lipinski definition) is 5. The SMILES string of the molecule is O=C(NC1CCN(c2nc3ccc(F)cc3s2)CC1)c1ccccn1. The maximum Gasteiger partial charge on any atom is 0.270 e. The number of anilines is 1. The summed E-state index contributed by atoms with van der Waals surface area (Å²) in [6.07, 6.45) is 3.32. The van der Waals surface area contributed by atoms with E-state index in [2.05, 4.69) is 20.2 Å². The van der Waals surface area contributed by atoms with Gasteiger partial charge in [-0.1, -0.05) is 17.4 Å². The predicted octanol–water partition coefficient (Wildman–Crippen LogP) is 3.23. The van der Waals surface area contributed by atoms with Gasteiger partial charge in [0.2, 0.25) is 0 Å². The highest BCUT2D eigenvalue weighted by Crippen LogP contribution is 2.30. The Kier molecular flexibility index (Phi) is 4.31. The highest BCUT2D eigenvalue weighted by atomic mass is 32.1. The van der Waals surface area contributed by atoms with Crippen LogP contribution in [0.5, 0.6) is 0 Å². The maximum atomic E-state index is 13.3. The van der Waals surface area contributed by atoms with Gasteiger partial charge in [-0.15, -0.1) is 0 Å². The minimum absolute atomic E-state index is 0.130. The molecule has 2 aromatic heterocycles. The lowest BCUT2D eigenvalue weighted by Gasteiger charge is -2.32. The van der Waals surface area contributed by atoms with E-state index < -0.39 is 0 Å². The summed E-state index contributed by atoms with van der Waals surface area (Å²) >= 11 is 1.51. The molecule has 0 radical (unpaired) electrons. The molecular weight excluding hydrogens is 339 g/mol. The standard InChI is InChI=1S/C18H17FN4OS/c19-12-4-5-14-16(11-12)25-18(22-14)23-9-6-13(7-10-23)21-17(24)15-3-1-2-8-20-15/h1-5,8,11,13H,6-7,9-10H2,(H,21,24). The number of amides is 1. The summed E-state index contributed by atoms with van der Waals surface area (Å²) in [7, 11) is 0. The zero-order valence-electron chi connectivity index (χ0n) is 13.5. The molecule has 0 unspecified atom stereocenters. The van der Waals surface area contributed by atoms with Crippen LogP contribution in [0.2, 0.25) is 0 Å². The van der Waals surface area contributed by atoms with Crippen molar-refractivity contribution < 1.29 is 9.18 Å². The number of nitrogens with zero attached hydrogens (tertiary/aromatic N) is 3. The molecular formula is C18H17FN4OS. The van der Waals surface area contributed by atoms with Gasteiger partial charge in [-0.05, 0) is 43.2 Å². The van der Waals surface area contributed by atoms with Crippen LogP contribution in [0.1, 0.15) is 23.3 Å². The van der Waals surface area contributed by atoms with Crippen molar-refractivity contribution in [2.45, 2.75) is 18.9 Å². The number of benzene rings is 1. The van der Waals surface area contributed by atoms with Crippen LogP contribution in [-0.4, -0.2) is 35.0 Å². The molecule has 1 fully saturated rings. The number of nitrogens with one attached hydrogen (secondary N) is 1. The van der Waals surface area contributed by atoms with E-state index in [0.29, 0.717) is 5.69 Å². The summed E-state index contributed by atoms with van der Waals surface area (Å²) in [5, 5.41) is 3.96. The minimum atomic E-state index is -0.237. The first-order valence-electron chi connectivity index (χ1n) is 8.22. The van der Waals surface area contributed by atoms with E-state index in [-0.39, 0.29) is 17.8 Å². The Morgan fingerprint density at radius 3 is 2.84 bits per heavy atom. The summed E-state index contributed by atoms with van der Waals surface area (Å²) in [6, 6.07) is 10.1. The van der Waals surface area contributed by atoms with Crippen molar-refractivity contribution in [3.8, 4) is 0 Å². The fourth-order valence-corrected chi connectivity index (χ4v) is 4.04. The molecule has 1 aliphatic heterocycles. The number of pyridine rings is 1. The highest BCUT2D eigenvalue weighted by Gasteiger charge is 2.23. The van der Waals surface area contributed by atoms with Crippen molar-refractivity contribution in [3.63, 3.8) is 0 Å². The van der Waals surface area contributed by atoms with Crippen LogP contribution in [-0.2, 0) is 0 Å². The number of thiazole rings is 1. The molecule has 128 valence electrons. The van der Waals surface area contributed by atoms with Gasteiger partial charge in [0.15, 0.2) is 5.13 Å². The van der Waals surface area contributed by atoms with E-state index in [1.54, 1.807) is 30.5 Å². The molecule has 3 heterocycles. The van der Waals surface area contributed by atoms with Gasteiger partial charge in [0.25, 0.3) is 5.91 Å². The van der Waals surface area contributed by atoms with Crippen molar-refractivity contribution in [3.05, 3.63) is 54.1 Å². The first-order chi connectivity index (χ1) is 12.2. The van der Waals surface area contributed by atoms with Crippen LogP contribution in [0.3, 0.4) is 0 Å². The summed E-state index contributed by atoms with van der Waals surface area (Å²) in [5.74, 6) is -0.367. The van der Waals surface area contributed by atoms with Gasteiger partial charge in [-0.2, -0.15) is 0 Å². The fraction of sp³-hybridized carbons (Fsp3) is 0.278. The maximum absolute atomic E-state index is 13.3. The first kappa shape index (κ1) is 16.0. The molecule has 3 aromatic rings. The van der Waals surface area contributed by atoms with Gasteiger partial charge in [0.1, 0.15) is 11.5 Å². The topological polar surface area (TPSA) is 58.1 Å². The molecule has 1 N–H and O–H groups in total. The molecule has 0 bridgehead atoms. The molecule has 1 aromatic carbocycles. The van der Waals surface area contributed by atoms with Crippen molar-refractivity contribution in [2.24, 2.45) is 0 Å². The Morgan fingerprint density at radius 1 is 1.24 bits per heavy atom. The van der Waals surface area contributed by atoms with Gasteiger partial charge < -0.3 is 10.2 Å². The molecule has 0 spiro atoms. The number of piperidine rings is 1. The van der Waals surface area contributed by atoms with Crippen LogP contribution in [0.4, 0.5) is 9.52 Å². The van der Waals surface area contributed by atoms with Gasteiger partial charge in [-0.25, -0.2) is 9.37 Å². The van der Waals surface area contributed by atoms with Crippen molar-refractivity contribution in [2.75, 3.05) is 18.0 Å². The van der Waals surface area contributed by atoms with Crippen molar-refractivity contribution >= 4 is 32.6 Å². The Labute approximate surface area is 148 Å². The number of halogens is 1. The monoisotopic (exact) mass is 356 g/mol. The van der Waals surface area contributed by atoms with E-state index in [1.165, 1.54) is 23.5 Å². The van der Waals surface area contributed by atoms with Crippen LogP contribution in [0.25, 0.3) is 10.2 Å². The van der Waals surface area contributed by atoms with Gasteiger partial charge in [-0.3, -0.25) is 9.78 Å². The van der Waals surface area contributed by atoms with Crippen LogP contribution in [0, 0.1) is 5.82 Å². The smallest absolute Gasteiger partial charge is 0.270 e. The zero-order chi connectivity index (χ0) is 17.2. The molecule has 0 aliphatic carbocycles. The highest BCUT2D eigenvalue weighted by molar-refractivity contribution is 7.22. The molecule has 25 heavy (non-hydrogen) atoms. The Morgan fingerprint density at radius 2 is 2.08 bits per heavy atom. The molecule has 0 atom stereocenters. The number of rotatable bonds is 3. The number of fused-ring (bicyclic) bond motifs is 1. The lowest BCUT2D eigenvalue weighted by molar-refractivity contribution is 0.0926. The van der Waals surface area contributed by atoms with E-state index >= 15 is 0 Å². The quantitative estimate of drug-likeness (QED) is 0.783. The lowest BCUT2D eigenvalue weighted by atomic mass is 10.1. The second-order valence-electron chi connectivity index (χ2n) is 6.06. The average molecular weight is 356 g/mol. The molecule has 0 saturated carbocycles. The number of carbonyl (C=O) groups is 1. The second-order valence-corrected chi connectivity index (χ2v) is 7.07. The molecule has 1 saturated heterocycles. The van der Waals surface area contributed by atoms with Crippen LogP contribution >= 0.6 is 11.3 Å². The molecule has 1 amide bonds. The van der Waals surface area contributed by atoms with E-state index in [0.717, 1.165) is 41.3 Å². The van der Waals surface area contributed by atoms with Gasteiger partial charge >= 0.3 is 0 Å². The minimum Gasteiger partial charge on any atom is -0.348 e. The second kappa shape index (κ2) is 6.76. The van der Waals surface area contributed by atoms with E-state index in [4.69, 9.17) is 0 Å². The molecule has 1 aliphatic rings. The first-order valence-corrected chi connectivity index (χ1v) is 9.03. The predicted molar refractivity (Wildman–Crippen MR) is 96.5 cm³/mol. The third-order valence-corrected chi connectivity index (χ3v) is 5.42. The number of hydrogen-bond donors (Lipinski definition) is 1. The van der Waals surface area contributed by atoms with E-state index in [1.807, 2.05) is 0 Å². The summed E-state index contributed by atoms with van der Waals surface area (Å²) in [5.41, 5.74) is 1.27. The van der Waals surface area contributed by atoms with Crippen molar-refractivity contribution in [1.82, 2.24) is 15.3 Å². The van der Waals surface area contributed by atoms with E-state index in [9.17, 15) is 9.18 Å². The third kappa shape index (κ3) is 3.46. The number of carbonyl (C=O) groups excluding carboxylic acids is 1. The molecule has 4 rings (SSSR count). The molecule has 7 heteroatoms. The lowest BCUT2D eigenvalue weighted by Crippen LogP contribution is -2.44. The summed E-state index contributed by atoms with van der Waals surface area (Å²) in [4.78, 5) is 23.0. The van der Waals surface area contributed by atoms with Crippen molar-refractivity contribution in [1.29, 1.82) is 0 Å². The molecule has 5 nitrogen and oxygen atoms in total. The van der Waals surface area contributed by atoms with Crippen LogP contribution in [0.15, 0.2) is 42.6 Å². The summed E-state index contributed by atoms with van der Waals surface area (Å²) < 4.78 is 14.2. The Bertz CT molecular complexity index is 890. The Hall–Kier alpha value is -2.54. The third-order valence-electron chi connectivity index (χ3n) is 4.34.